The van der Waals surface area contributed by atoms with Crippen molar-refractivity contribution in [1.82, 2.24) is 34.7 Å². The van der Waals surface area contributed by atoms with Gasteiger partial charge >= 0.3 is 5.69 Å². The van der Waals surface area contributed by atoms with Crippen molar-refractivity contribution in [1.29, 1.82) is 0 Å². The van der Waals surface area contributed by atoms with E-state index in [-0.39, 0.29) is 23.4 Å². The van der Waals surface area contributed by atoms with E-state index in [1.807, 2.05) is 48.8 Å². The molecule has 0 aliphatic heterocycles. The molecule has 2 atom stereocenters. The summed E-state index contributed by atoms with van der Waals surface area (Å²) in [5.41, 5.74) is 4.37. The Morgan fingerprint density at radius 2 is 1.94 bits per heavy atom. The average molecular weight is 486 g/mol. The number of carbonyl (C=O) groups excluding carboxylic acids is 1. The summed E-state index contributed by atoms with van der Waals surface area (Å²) in [6.07, 6.45) is 8.96. The summed E-state index contributed by atoms with van der Waals surface area (Å²) in [5, 5.41) is 14.4. The first-order valence-electron chi connectivity index (χ1n) is 12.7. The minimum Gasteiger partial charge on any atom is -0.297 e. The molecule has 0 spiro atoms. The molecule has 186 valence electrons. The van der Waals surface area contributed by atoms with Gasteiger partial charge in [-0.3, -0.25) is 18.9 Å². The summed E-state index contributed by atoms with van der Waals surface area (Å²) in [4.78, 5) is 31.0. The van der Waals surface area contributed by atoms with Crippen molar-refractivity contribution < 1.29 is 4.79 Å². The summed E-state index contributed by atoms with van der Waals surface area (Å²) in [6, 6.07) is 11.4. The van der Waals surface area contributed by atoms with Gasteiger partial charge in [-0.15, -0.1) is 10.2 Å². The standard InChI is InChI=1S/C27H31N7O2/c1-3-4-9-21-17-34(25-18(2)8-7-12-24(25)35)27(36)33(21)16-20-14-13-19(15-28-20)22-10-5-6-11-23(22)26-29-31-32-30-26/h5-6,10-11,13-15,17-18,25H,3-4,7-9,12,16H2,1-2H3,(H,29,30,31,32). The molecule has 0 amide bonds. The van der Waals surface area contributed by atoms with Gasteiger partial charge in [-0.25, -0.2) is 4.79 Å². The second kappa shape index (κ2) is 10.4. The Morgan fingerprint density at radius 3 is 2.64 bits per heavy atom. The Labute approximate surface area is 209 Å². The van der Waals surface area contributed by atoms with Crippen LogP contribution in [0.2, 0.25) is 0 Å². The maximum atomic E-state index is 13.5. The molecule has 1 aliphatic carbocycles. The van der Waals surface area contributed by atoms with E-state index >= 15 is 0 Å². The zero-order chi connectivity index (χ0) is 25.1. The van der Waals surface area contributed by atoms with Crippen molar-refractivity contribution >= 4 is 5.78 Å². The molecule has 36 heavy (non-hydrogen) atoms. The van der Waals surface area contributed by atoms with Gasteiger partial charge in [0, 0.05) is 35.6 Å². The number of nitrogens with one attached hydrogen (secondary N) is 1. The molecule has 3 heterocycles. The first kappa shape index (κ1) is 23.8. The normalized spacial score (nSPS) is 18.0. The van der Waals surface area contributed by atoms with E-state index in [1.165, 1.54) is 0 Å². The molecule has 0 bridgehead atoms. The monoisotopic (exact) mass is 485 g/mol. The van der Waals surface area contributed by atoms with Crippen LogP contribution in [-0.2, 0) is 17.8 Å². The fourth-order valence-corrected chi connectivity index (χ4v) is 5.17. The van der Waals surface area contributed by atoms with Crippen LogP contribution in [-0.4, -0.2) is 40.5 Å². The Balaban J connectivity index is 1.45. The minimum absolute atomic E-state index is 0.124. The van der Waals surface area contributed by atoms with Gasteiger partial charge in [-0.1, -0.05) is 50.6 Å². The maximum Gasteiger partial charge on any atom is 0.329 e. The number of aromatic nitrogens is 7. The van der Waals surface area contributed by atoms with Crippen molar-refractivity contribution in [2.45, 2.75) is 65.0 Å². The van der Waals surface area contributed by atoms with Gasteiger partial charge in [0.2, 0.25) is 5.82 Å². The smallest absolute Gasteiger partial charge is 0.297 e. The van der Waals surface area contributed by atoms with Gasteiger partial charge in [0.1, 0.15) is 0 Å². The van der Waals surface area contributed by atoms with E-state index in [9.17, 15) is 9.59 Å². The Hall–Kier alpha value is -3.88. The number of ketones is 1. The van der Waals surface area contributed by atoms with Gasteiger partial charge in [0.15, 0.2) is 5.78 Å². The first-order chi connectivity index (χ1) is 17.6. The Kier molecular flexibility index (Phi) is 6.88. The highest BCUT2D eigenvalue weighted by Crippen LogP contribution is 2.31. The van der Waals surface area contributed by atoms with Crippen LogP contribution in [0.15, 0.2) is 53.6 Å². The summed E-state index contributed by atoms with van der Waals surface area (Å²) in [7, 11) is 0. The highest BCUT2D eigenvalue weighted by Gasteiger charge is 2.32. The van der Waals surface area contributed by atoms with E-state index in [4.69, 9.17) is 0 Å². The molecule has 3 aromatic heterocycles. The molecule has 1 fully saturated rings. The summed E-state index contributed by atoms with van der Waals surface area (Å²) < 4.78 is 3.48. The van der Waals surface area contributed by atoms with Crippen molar-refractivity contribution in [2.75, 3.05) is 0 Å². The number of hydrogen-bond donors (Lipinski definition) is 1. The molecule has 9 heteroatoms. The lowest BCUT2D eigenvalue weighted by Crippen LogP contribution is -2.37. The lowest BCUT2D eigenvalue weighted by atomic mass is 9.85. The van der Waals surface area contributed by atoms with Crippen molar-refractivity contribution in [3.05, 3.63) is 70.7 Å². The third-order valence-electron chi connectivity index (χ3n) is 7.09. The number of Topliss-reactive ketones (excluding diaryl/α,β-unsaturated/α-hetero) is 1. The lowest BCUT2D eigenvalue weighted by Gasteiger charge is -2.27. The minimum atomic E-state index is -0.371. The molecule has 2 unspecified atom stereocenters. The zero-order valence-electron chi connectivity index (χ0n) is 20.7. The highest BCUT2D eigenvalue weighted by atomic mass is 16.2. The predicted molar refractivity (Wildman–Crippen MR) is 136 cm³/mol. The van der Waals surface area contributed by atoms with Crippen molar-refractivity contribution in [3.8, 4) is 22.5 Å². The van der Waals surface area contributed by atoms with Gasteiger partial charge in [0.05, 0.1) is 18.3 Å². The zero-order valence-corrected chi connectivity index (χ0v) is 20.7. The molecule has 1 aliphatic rings. The second-order valence-corrected chi connectivity index (χ2v) is 9.60. The van der Waals surface area contributed by atoms with Gasteiger partial charge in [0.25, 0.3) is 0 Å². The Bertz CT molecular complexity index is 1390. The van der Waals surface area contributed by atoms with Crippen LogP contribution >= 0.6 is 0 Å². The second-order valence-electron chi connectivity index (χ2n) is 9.60. The van der Waals surface area contributed by atoms with Crippen LogP contribution in [0, 0.1) is 5.92 Å². The SMILES string of the molecule is CCCCc1cn(C2C(=O)CCCC2C)c(=O)n1Cc1ccc(-c2ccccc2-c2nn[nH]n2)cn1. The molecule has 0 radical (unpaired) electrons. The molecule has 1 saturated carbocycles. The number of unbranched alkanes of at least 4 members (excludes halogenated alkanes) is 1. The van der Waals surface area contributed by atoms with Gasteiger partial charge in [-0.2, -0.15) is 5.21 Å². The maximum absolute atomic E-state index is 13.5. The number of imidazole rings is 1. The molecule has 1 aromatic carbocycles. The highest BCUT2D eigenvalue weighted by molar-refractivity contribution is 5.83. The van der Waals surface area contributed by atoms with Crippen LogP contribution < -0.4 is 5.69 Å². The van der Waals surface area contributed by atoms with E-state index in [0.29, 0.717) is 18.8 Å². The summed E-state index contributed by atoms with van der Waals surface area (Å²) >= 11 is 0. The quantitative estimate of drug-likeness (QED) is 0.400. The number of nitrogens with zero attached hydrogens (tertiary/aromatic N) is 6. The number of rotatable bonds is 8. The predicted octanol–water partition coefficient (Wildman–Crippen LogP) is 4.21. The van der Waals surface area contributed by atoms with Crippen LogP contribution in [0.4, 0.5) is 0 Å². The lowest BCUT2D eigenvalue weighted by molar-refractivity contribution is -0.125. The molecule has 4 aromatic rings. The summed E-state index contributed by atoms with van der Waals surface area (Å²) in [6.45, 7) is 4.58. The van der Waals surface area contributed by atoms with Gasteiger partial charge in [-0.05, 0) is 48.4 Å². The number of carbonyl (C=O) groups is 1. The fourth-order valence-electron chi connectivity index (χ4n) is 5.17. The Morgan fingerprint density at radius 1 is 1.11 bits per heavy atom. The molecule has 0 saturated heterocycles. The van der Waals surface area contributed by atoms with Crippen molar-refractivity contribution in [3.63, 3.8) is 0 Å². The van der Waals surface area contributed by atoms with E-state index in [0.717, 1.165) is 60.2 Å². The van der Waals surface area contributed by atoms with Crippen molar-refractivity contribution in [2.24, 2.45) is 5.92 Å². The molecule has 1 N–H and O–H groups in total. The number of benzene rings is 1. The molecular weight excluding hydrogens is 454 g/mol. The first-order valence-corrected chi connectivity index (χ1v) is 12.7. The van der Waals surface area contributed by atoms with E-state index in [2.05, 4.69) is 39.5 Å². The number of aromatic amines is 1. The van der Waals surface area contributed by atoms with Crippen LogP contribution in [0.3, 0.4) is 0 Å². The van der Waals surface area contributed by atoms with Crippen LogP contribution in [0.5, 0.6) is 0 Å². The average Bonchev–Trinajstić information content (AvgIpc) is 3.53. The number of hydrogen-bond acceptors (Lipinski definition) is 6. The number of H-pyrrole nitrogens is 1. The third-order valence-corrected chi connectivity index (χ3v) is 7.09. The largest absolute Gasteiger partial charge is 0.329 e. The molecule has 9 nitrogen and oxygen atoms in total. The number of aryl methyl sites for hydroxylation is 1. The molecular formula is C27H31N7O2. The summed E-state index contributed by atoms with van der Waals surface area (Å²) in [5.74, 6) is 0.850. The third kappa shape index (κ3) is 4.65. The fraction of sp³-hybridized carbons (Fsp3) is 0.407. The van der Waals surface area contributed by atoms with E-state index in [1.54, 1.807) is 9.13 Å². The molecule has 5 rings (SSSR count). The van der Waals surface area contributed by atoms with Gasteiger partial charge < -0.3 is 0 Å². The number of pyridine rings is 1. The topological polar surface area (TPSA) is 111 Å². The number of tetrazole rings is 1. The van der Waals surface area contributed by atoms with E-state index < -0.39 is 0 Å². The van der Waals surface area contributed by atoms with Crippen LogP contribution in [0.1, 0.15) is 63.4 Å². The van der Waals surface area contributed by atoms with Crippen LogP contribution in [0.25, 0.3) is 22.5 Å².